The van der Waals surface area contributed by atoms with Crippen LogP contribution < -0.4 is 0 Å². The average Bonchev–Trinajstić information content (AvgIpc) is 2.58. The summed E-state index contributed by atoms with van der Waals surface area (Å²) < 4.78 is 1.66. The van der Waals surface area contributed by atoms with Gasteiger partial charge in [0.05, 0.1) is 24.3 Å². The summed E-state index contributed by atoms with van der Waals surface area (Å²) in [4.78, 5) is 3.95. The molecule has 0 aromatic carbocycles. The molecule has 0 saturated carbocycles. The SMILES string of the molecule is Cl.c1cncc(-n2ccnn2)c1. The van der Waals surface area contributed by atoms with E-state index in [1.54, 1.807) is 29.5 Å². The molecule has 0 radical (unpaired) electrons. The van der Waals surface area contributed by atoms with Crippen LogP contribution in [0.4, 0.5) is 0 Å². The number of rotatable bonds is 1. The summed E-state index contributed by atoms with van der Waals surface area (Å²) in [5, 5.41) is 7.50. The van der Waals surface area contributed by atoms with Gasteiger partial charge in [-0.1, -0.05) is 5.21 Å². The predicted molar refractivity (Wildman–Crippen MR) is 46.4 cm³/mol. The Balaban J connectivity index is 0.000000720. The van der Waals surface area contributed by atoms with Crippen molar-refractivity contribution >= 4 is 12.4 Å². The molecule has 62 valence electrons. The lowest BCUT2D eigenvalue weighted by atomic mass is 10.4. The minimum atomic E-state index is 0. The lowest BCUT2D eigenvalue weighted by Gasteiger charge is -1.95. The third-order valence-corrected chi connectivity index (χ3v) is 1.33. The average molecular weight is 183 g/mol. The summed E-state index contributed by atoms with van der Waals surface area (Å²) in [6.07, 6.45) is 6.86. The largest absolute Gasteiger partial charge is 0.262 e. The van der Waals surface area contributed by atoms with Crippen molar-refractivity contribution in [3.05, 3.63) is 36.9 Å². The molecular weight excluding hydrogens is 176 g/mol. The number of hydrogen-bond donors (Lipinski definition) is 0. The molecule has 2 aromatic rings. The van der Waals surface area contributed by atoms with Crippen molar-refractivity contribution in [2.75, 3.05) is 0 Å². The summed E-state index contributed by atoms with van der Waals surface area (Å²) in [5.41, 5.74) is 0.921. The molecule has 0 amide bonds. The van der Waals surface area contributed by atoms with Crippen LogP contribution in [0.1, 0.15) is 0 Å². The Morgan fingerprint density at radius 1 is 1.25 bits per heavy atom. The van der Waals surface area contributed by atoms with Gasteiger partial charge in [-0.2, -0.15) is 0 Å². The first kappa shape index (κ1) is 8.67. The van der Waals surface area contributed by atoms with E-state index >= 15 is 0 Å². The Kier molecular flexibility index (Phi) is 2.76. The number of hydrogen-bond acceptors (Lipinski definition) is 3. The van der Waals surface area contributed by atoms with Crippen molar-refractivity contribution in [1.82, 2.24) is 20.0 Å². The highest BCUT2D eigenvalue weighted by molar-refractivity contribution is 5.85. The zero-order valence-corrected chi connectivity index (χ0v) is 6.98. The highest BCUT2D eigenvalue weighted by atomic mass is 35.5. The van der Waals surface area contributed by atoms with E-state index in [4.69, 9.17) is 0 Å². The zero-order valence-electron chi connectivity index (χ0n) is 6.16. The lowest BCUT2D eigenvalue weighted by molar-refractivity contribution is 0.799. The maximum Gasteiger partial charge on any atom is 0.0846 e. The van der Waals surface area contributed by atoms with E-state index in [-0.39, 0.29) is 12.4 Å². The summed E-state index contributed by atoms with van der Waals surface area (Å²) >= 11 is 0. The third kappa shape index (κ3) is 1.60. The summed E-state index contributed by atoms with van der Waals surface area (Å²) in [5.74, 6) is 0. The summed E-state index contributed by atoms with van der Waals surface area (Å²) in [7, 11) is 0. The quantitative estimate of drug-likeness (QED) is 0.663. The molecule has 0 bridgehead atoms. The van der Waals surface area contributed by atoms with Gasteiger partial charge in [0.1, 0.15) is 0 Å². The van der Waals surface area contributed by atoms with Gasteiger partial charge >= 0.3 is 0 Å². The molecule has 0 N–H and O–H groups in total. The second kappa shape index (κ2) is 3.82. The topological polar surface area (TPSA) is 43.6 Å². The summed E-state index contributed by atoms with van der Waals surface area (Å²) in [6, 6.07) is 3.78. The molecule has 2 aromatic heterocycles. The van der Waals surface area contributed by atoms with Crippen LogP contribution in [0.15, 0.2) is 36.9 Å². The molecule has 0 atom stereocenters. The van der Waals surface area contributed by atoms with E-state index in [1.807, 2.05) is 12.1 Å². The van der Waals surface area contributed by atoms with Crippen LogP contribution >= 0.6 is 12.4 Å². The van der Waals surface area contributed by atoms with Crippen LogP contribution in [-0.4, -0.2) is 20.0 Å². The van der Waals surface area contributed by atoms with Crippen molar-refractivity contribution in [2.45, 2.75) is 0 Å². The maximum absolute atomic E-state index is 3.95. The Bertz CT molecular complexity index is 318. The predicted octanol–water partition coefficient (Wildman–Crippen LogP) is 1.08. The fourth-order valence-electron chi connectivity index (χ4n) is 0.835. The van der Waals surface area contributed by atoms with Gasteiger partial charge < -0.3 is 0 Å². The molecule has 0 saturated heterocycles. The third-order valence-electron chi connectivity index (χ3n) is 1.33. The molecule has 0 aliphatic heterocycles. The normalized spacial score (nSPS) is 9.00. The summed E-state index contributed by atoms with van der Waals surface area (Å²) in [6.45, 7) is 0. The van der Waals surface area contributed by atoms with Gasteiger partial charge in [-0.15, -0.1) is 17.5 Å². The number of nitrogens with zero attached hydrogens (tertiary/aromatic N) is 4. The van der Waals surface area contributed by atoms with Crippen LogP contribution in [-0.2, 0) is 0 Å². The molecule has 0 aliphatic rings. The molecule has 2 heterocycles. The van der Waals surface area contributed by atoms with E-state index in [1.165, 1.54) is 0 Å². The van der Waals surface area contributed by atoms with Gasteiger partial charge in [-0.25, -0.2) is 4.68 Å². The number of aromatic nitrogens is 4. The Morgan fingerprint density at radius 3 is 2.75 bits per heavy atom. The number of pyridine rings is 1. The minimum absolute atomic E-state index is 0. The van der Waals surface area contributed by atoms with Crippen LogP contribution in [0.25, 0.3) is 5.69 Å². The monoisotopic (exact) mass is 182 g/mol. The molecule has 0 aliphatic carbocycles. The van der Waals surface area contributed by atoms with Crippen LogP contribution in [0.2, 0.25) is 0 Å². The Morgan fingerprint density at radius 2 is 2.17 bits per heavy atom. The van der Waals surface area contributed by atoms with Gasteiger partial charge in [-0.05, 0) is 12.1 Å². The van der Waals surface area contributed by atoms with E-state index in [2.05, 4.69) is 15.3 Å². The Labute approximate surface area is 75.7 Å². The second-order valence-corrected chi connectivity index (χ2v) is 2.06. The van der Waals surface area contributed by atoms with E-state index in [0.29, 0.717) is 0 Å². The highest BCUT2D eigenvalue weighted by Crippen LogP contribution is 1.99. The van der Waals surface area contributed by atoms with Crippen molar-refractivity contribution in [1.29, 1.82) is 0 Å². The van der Waals surface area contributed by atoms with Gasteiger partial charge in [0.2, 0.25) is 0 Å². The molecule has 2 rings (SSSR count). The zero-order chi connectivity index (χ0) is 7.52. The van der Waals surface area contributed by atoms with Crippen molar-refractivity contribution < 1.29 is 0 Å². The number of halogens is 1. The molecule has 12 heavy (non-hydrogen) atoms. The molecule has 4 nitrogen and oxygen atoms in total. The lowest BCUT2D eigenvalue weighted by Crippen LogP contribution is -1.94. The fourth-order valence-corrected chi connectivity index (χ4v) is 0.835. The van der Waals surface area contributed by atoms with Gasteiger partial charge in [0, 0.05) is 6.20 Å². The fraction of sp³-hybridized carbons (Fsp3) is 0. The van der Waals surface area contributed by atoms with Crippen molar-refractivity contribution in [2.24, 2.45) is 0 Å². The first-order valence-electron chi connectivity index (χ1n) is 3.23. The van der Waals surface area contributed by atoms with Gasteiger partial charge in [0.25, 0.3) is 0 Å². The molecule has 5 heteroatoms. The first-order valence-corrected chi connectivity index (χ1v) is 3.23. The molecule has 0 unspecified atom stereocenters. The Hall–Kier alpha value is -1.42. The van der Waals surface area contributed by atoms with Crippen LogP contribution in [0.3, 0.4) is 0 Å². The van der Waals surface area contributed by atoms with Crippen LogP contribution in [0, 0.1) is 0 Å². The van der Waals surface area contributed by atoms with Gasteiger partial charge in [-0.3, -0.25) is 4.98 Å². The molecule has 0 spiro atoms. The highest BCUT2D eigenvalue weighted by Gasteiger charge is 1.92. The second-order valence-electron chi connectivity index (χ2n) is 2.06. The maximum atomic E-state index is 3.95. The van der Waals surface area contributed by atoms with E-state index in [0.717, 1.165) is 5.69 Å². The van der Waals surface area contributed by atoms with Crippen molar-refractivity contribution in [3.63, 3.8) is 0 Å². The van der Waals surface area contributed by atoms with Crippen molar-refractivity contribution in [3.8, 4) is 5.69 Å². The minimum Gasteiger partial charge on any atom is -0.262 e. The standard InChI is InChI=1S/C7H6N4.ClH/c1-2-7(6-8-3-1)11-5-4-9-10-11;/h1-6H;1H. The molecular formula is C7H7ClN4. The smallest absolute Gasteiger partial charge is 0.0846 e. The van der Waals surface area contributed by atoms with Gasteiger partial charge in [0.15, 0.2) is 0 Å². The van der Waals surface area contributed by atoms with E-state index < -0.39 is 0 Å². The van der Waals surface area contributed by atoms with E-state index in [9.17, 15) is 0 Å². The first-order chi connectivity index (χ1) is 5.47. The molecule has 0 fully saturated rings. The van der Waals surface area contributed by atoms with Crippen LogP contribution in [0.5, 0.6) is 0 Å².